The van der Waals surface area contributed by atoms with Gasteiger partial charge >= 0.3 is 0 Å². The topological polar surface area (TPSA) is 17.1 Å². The van der Waals surface area contributed by atoms with E-state index >= 15 is 0 Å². The summed E-state index contributed by atoms with van der Waals surface area (Å²) in [5.74, 6) is 0.328. The van der Waals surface area contributed by atoms with Crippen LogP contribution < -0.4 is 0 Å². The first-order valence-corrected chi connectivity index (χ1v) is 18.2. The lowest BCUT2D eigenvalue weighted by molar-refractivity contribution is -0.117. The Bertz CT molecular complexity index is 569. The normalized spacial score (nSPS) is 12.1. The zero-order chi connectivity index (χ0) is 29.0. The highest BCUT2D eigenvalue weighted by Crippen LogP contribution is 2.14. The standard InChI is InChI=1S/C39H72O/c1-3-4-5-6-7-8-9-10-11-12-13-14-15-16-17-18-19-20-21-22-23-24-25-26-27-28-29-30-31-32-33-34-35-36-37-38-39(2)40/h18-19,25-26,32-33H,3-17,20-24,27-31,34-38H2,1-2H3/b19-18+,26-25+,33-32?. The molecule has 0 heterocycles. The van der Waals surface area contributed by atoms with E-state index in [4.69, 9.17) is 0 Å². The summed E-state index contributed by atoms with van der Waals surface area (Å²) in [4.78, 5) is 10.9. The van der Waals surface area contributed by atoms with Crippen LogP contribution >= 0.6 is 0 Å². The van der Waals surface area contributed by atoms with Crippen LogP contribution in [0.2, 0.25) is 0 Å². The molecule has 0 aliphatic carbocycles. The Morgan fingerprint density at radius 1 is 0.350 bits per heavy atom. The van der Waals surface area contributed by atoms with E-state index in [-0.39, 0.29) is 0 Å². The lowest BCUT2D eigenvalue weighted by Gasteiger charge is -2.02. The van der Waals surface area contributed by atoms with Crippen LogP contribution in [-0.4, -0.2) is 5.78 Å². The molecule has 0 unspecified atom stereocenters. The van der Waals surface area contributed by atoms with Crippen LogP contribution in [0.15, 0.2) is 36.5 Å². The van der Waals surface area contributed by atoms with E-state index in [0.29, 0.717) is 5.78 Å². The van der Waals surface area contributed by atoms with Gasteiger partial charge in [0.25, 0.3) is 0 Å². The van der Waals surface area contributed by atoms with Gasteiger partial charge in [-0.05, 0) is 90.4 Å². The second kappa shape index (κ2) is 35.9. The first-order chi connectivity index (χ1) is 19.8. The summed E-state index contributed by atoms with van der Waals surface area (Å²) in [5.41, 5.74) is 0. The Morgan fingerprint density at radius 3 is 0.850 bits per heavy atom. The largest absolute Gasteiger partial charge is 0.300 e. The van der Waals surface area contributed by atoms with Crippen molar-refractivity contribution in [3.8, 4) is 0 Å². The minimum Gasteiger partial charge on any atom is -0.300 e. The van der Waals surface area contributed by atoms with Crippen molar-refractivity contribution in [1.82, 2.24) is 0 Å². The number of Topliss-reactive ketones (excluding diaryl/α,β-unsaturated/α-hetero) is 1. The zero-order valence-corrected chi connectivity index (χ0v) is 27.6. The van der Waals surface area contributed by atoms with E-state index in [2.05, 4.69) is 43.4 Å². The van der Waals surface area contributed by atoms with E-state index in [1.807, 2.05) is 0 Å². The Labute approximate surface area is 253 Å². The molecular weight excluding hydrogens is 484 g/mol. The average Bonchev–Trinajstić information content (AvgIpc) is 2.95. The molecule has 0 saturated heterocycles. The Morgan fingerprint density at radius 2 is 0.575 bits per heavy atom. The van der Waals surface area contributed by atoms with Gasteiger partial charge in [-0.1, -0.05) is 146 Å². The molecule has 0 aliphatic rings. The molecule has 1 heteroatoms. The van der Waals surface area contributed by atoms with E-state index in [1.54, 1.807) is 6.92 Å². The summed E-state index contributed by atoms with van der Waals surface area (Å²) >= 11 is 0. The third-order valence-corrected chi connectivity index (χ3v) is 8.11. The van der Waals surface area contributed by atoms with Crippen LogP contribution in [0.25, 0.3) is 0 Å². The van der Waals surface area contributed by atoms with Crippen LogP contribution in [0.5, 0.6) is 0 Å². The van der Waals surface area contributed by atoms with Crippen LogP contribution in [0.4, 0.5) is 0 Å². The van der Waals surface area contributed by atoms with Gasteiger partial charge in [0, 0.05) is 6.42 Å². The van der Waals surface area contributed by atoms with Gasteiger partial charge in [-0.25, -0.2) is 0 Å². The van der Waals surface area contributed by atoms with Crippen molar-refractivity contribution in [1.29, 1.82) is 0 Å². The molecular formula is C39H72O. The van der Waals surface area contributed by atoms with Crippen LogP contribution in [0.1, 0.15) is 206 Å². The Hall–Kier alpha value is -1.11. The SMILES string of the molecule is CCCCCCCCCCCCCCCC/C=C/CCCCC/C=C/CCCCCC=CCCCCCC(C)=O. The van der Waals surface area contributed by atoms with Crippen LogP contribution in [0, 0.1) is 0 Å². The van der Waals surface area contributed by atoms with Crippen molar-refractivity contribution in [3.63, 3.8) is 0 Å². The van der Waals surface area contributed by atoms with Crippen LogP contribution in [-0.2, 0) is 4.79 Å². The van der Waals surface area contributed by atoms with E-state index < -0.39 is 0 Å². The highest BCUT2D eigenvalue weighted by molar-refractivity contribution is 5.75. The van der Waals surface area contributed by atoms with Gasteiger partial charge in [0.2, 0.25) is 0 Å². The van der Waals surface area contributed by atoms with E-state index in [0.717, 1.165) is 12.8 Å². The smallest absolute Gasteiger partial charge is 0.129 e. The fourth-order valence-corrected chi connectivity index (χ4v) is 5.38. The summed E-state index contributed by atoms with van der Waals surface area (Å²) in [6, 6.07) is 0. The predicted molar refractivity (Wildman–Crippen MR) is 182 cm³/mol. The van der Waals surface area contributed by atoms with Gasteiger partial charge in [0.1, 0.15) is 5.78 Å². The number of ketones is 1. The van der Waals surface area contributed by atoms with Gasteiger partial charge in [0.05, 0.1) is 0 Å². The molecule has 0 spiro atoms. The quantitative estimate of drug-likeness (QED) is 0.0580. The fraction of sp³-hybridized carbons (Fsp3) is 0.821. The molecule has 0 aliphatic heterocycles. The average molecular weight is 557 g/mol. The summed E-state index contributed by atoms with van der Waals surface area (Å²) in [6.07, 6.45) is 54.4. The molecule has 1 nitrogen and oxygen atoms in total. The van der Waals surface area contributed by atoms with Gasteiger partial charge < -0.3 is 4.79 Å². The first-order valence-electron chi connectivity index (χ1n) is 18.2. The Kier molecular flexibility index (Phi) is 34.9. The highest BCUT2D eigenvalue weighted by atomic mass is 16.1. The van der Waals surface area contributed by atoms with Crippen molar-refractivity contribution in [2.45, 2.75) is 206 Å². The monoisotopic (exact) mass is 557 g/mol. The van der Waals surface area contributed by atoms with E-state index in [9.17, 15) is 4.79 Å². The molecule has 40 heavy (non-hydrogen) atoms. The van der Waals surface area contributed by atoms with Crippen molar-refractivity contribution in [3.05, 3.63) is 36.5 Å². The number of carbonyl (C=O) groups is 1. The number of unbranched alkanes of at least 4 members (excludes halogenated alkanes) is 25. The number of hydrogen-bond acceptors (Lipinski definition) is 1. The molecule has 0 bridgehead atoms. The predicted octanol–water partition coefficient (Wildman–Crippen LogP) is 14.0. The van der Waals surface area contributed by atoms with Crippen molar-refractivity contribution >= 4 is 5.78 Å². The molecule has 0 aromatic heterocycles. The molecule has 0 aromatic carbocycles. The fourth-order valence-electron chi connectivity index (χ4n) is 5.38. The number of allylic oxidation sites excluding steroid dienone is 6. The van der Waals surface area contributed by atoms with Crippen molar-refractivity contribution < 1.29 is 4.79 Å². The maximum absolute atomic E-state index is 10.9. The van der Waals surface area contributed by atoms with Gasteiger partial charge in [-0.3, -0.25) is 0 Å². The number of hydrogen-bond donors (Lipinski definition) is 0. The molecule has 0 N–H and O–H groups in total. The number of rotatable bonds is 33. The maximum atomic E-state index is 10.9. The summed E-state index contributed by atoms with van der Waals surface area (Å²) in [7, 11) is 0. The molecule has 0 radical (unpaired) electrons. The summed E-state index contributed by atoms with van der Waals surface area (Å²) < 4.78 is 0. The minimum atomic E-state index is 0.328. The van der Waals surface area contributed by atoms with Gasteiger partial charge in [-0.15, -0.1) is 0 Å². The second-order valence-electron chi connectivity index (χ2n) is 12.4. The molecule has 0 saturated carbocycles. The Balaban J connectivity index is 3.19. The third-order valence-electron chi connectivity index (χ3n) is 8.11. The molecule has 234 valence electrons. The molecule has 0 rings (SSSR count). The lowest BCUT2D eigenvalue weighted by atomic mass is 10.0. The number of carbonyl (C=O) groups excluding carboxylic acids is 1. The van der Waals surface area contributed by atoms with Gasteiger partial charge in [-0.2, -0.15) is 0 Å². The van der Waals surface area contributed by atoms with Crippen molar-refractivity contribution in [2.75, 3.05) is 0 Å². The second-order valence-corrected chi connectivity index (χ2v) is 12.4. The first kappa shape index (κ1) is 38.9. The van der Waals surface area contributed by atoms with Crippen molar-refractivity contribution in [2.24, 2.45) is 0 Å². The molecule has 0 aromatic rings. The summed E-state index contributed by atoms with van der Waals surface area (Å²) in [6.45, 7) is 3.99. The van der Waals surface area contributed by atoms with E-state index in [1.165, 1.54) is 180 Å². The lowest BCUT2D eigenvalue weighted by Crippen LogP contribution is -1.88. The molecule has 0 atom stereocenters. The molecule has 0 amide bonds. The third kappa shape index (κ3) is 36.9. The molecule has 0 fully saturated rings. The minimum absolute atomic E-state index is 0.328. The maximum Gasteiger partial charge on any atom is 0.129 e. The van der Waals surface area contributed by atoms with Crippen LogP contribution in [0.3, 0.4) is 0 Å². The van der Waals surface area contributed by atoms with Gasteiger partial charge in [0.15, 0.2) is 0 Å². The highest BCUT2D eigenvalue weighted by Gasteiger charge is 1.95. The summed E-state index contributed by atoms with van der Waals surface area (Å²) in [5, 5.41) is 0. The zero-order valence-electron chi connectivity index (χ0n) is 27.6.